The molecule has 31 heavy (non-hydrogen) atoms. The van der Waals surface area contributed by atoms with Crippen molar-refractivity contribution in [2.45, 2.75) is 63.4 Å². The molecule has 2 amide bonds. The van der Waals surface area contributed by atoms with Crippen LogP contribution < -0.4 is 4.74 Å². The van der Waals surface area contributed by atoms with Crippen molar-refractivity contribution in [3.8, 4) is 5.75 Å². The van der Waals surface area contributed by atoms with Gasteiger partial charge in [-0.2, -0.15) is 0 Å². The first kappa shape index (κ1) is 22.1. The Morgan fingerprint density at radius 2 is 1.84 bits per heavy atom. The number of carbonyl (C=O) groups excluding carboxylic acids is 2. The van der Waals surface area contributed by atoms with Gasteiger partial charge in [0.15, 0.2) is 0 Å². The maximum Gasteiger partial charge on any atom is 0.222 e. The van der Waals surface area contributed by atoms with E-state index in [-0.39, 0.29) is 11.5 Å². The number of rotatable bonds is 6. The number of carbonyl (C=O) groups is 2. The number of hydrogen-bond acceptors (Lipinski definition) is 4. The standard InChI is InChI=1S/C25H36N2O4/c1-30-22-6-4-5-20(17-22)7-8-23(28)27-14-10-25(11-15-27)19-21(9-16-31-25)18-24(29)26-12-2-3-13-26/h4-6,17,21H,2-3,7-16,18-19H2,1H3. The van der Waals surface area contributed by atoms with Crippen LogP contribution >= 0.6 is 0 Å². The molecule has 3 aliphatic heterocycles. The maximum atomic E-state index is 12.8. The van der Waals surface area contributed by atoms with Crippen molar-refractivity contribution in [3.63, 3.8) is 0 Å². The summed E-state index contributed by atoms with van der Waals surface area (Å²) in [4.78, 5) is 29.4. The third kappa shape index (κ3) is 5.59. The summed E-state index contributed by atoms with van der Waals surface area (Å²) in [6.45, 7) is 4.11. The second-order valence-corrected chi connectivity index (χ2v) is 9.41. The molecule has 1 atom stereocenters. The Labute approximate surface area is 185 Å². The van der Waals surface area contributed by atoms with Crippen molar-refractivity contribution in [2.24, 2.45) is 5.92 Å². The fourth-order valence-electron chi connectivity index (χ4n) is 5.40. The number of hydrogen-bond donors (Lipinski definition) is 0. The second kappa shape index (κ2) is 10.0. The van der Waals surface area contributed by atoms with Crippen molar-refractivity contribution in [1.82, 2.24) is 9.80 Å². The monoisotopic (exact) mass is 428 g/mol. The molecular formula is C25H36N2O4. The van der Waals surface area contributed by atoms with Crippen molar-refractivity contribution in [2.75, 3.05) is 39.9 Å². The molecule has 1 spiro atoms. The highest BCUT2D eigenvalue weighted by Gasteiger charge is 2.41. The normalized spacial score (nSPS) is 23.2. The number of piperidine rings is 1. The number of methoxy groups -OCH3 is 1. The van der Waals surface area contributed by atoms with E-state index in [9.17, 15) is 9.59 Å². The lowest BCUT2D eigenvalue weighted by Crippen LogP contribution is -2.51. The largest absolute Gasteiger partial charge is 0.497 e. The smallest absolute Gasteiger partial charge is 0.222 e. The first-order valence-electron chi connectivity index (χ1n) is 11.9. The Morgan fingerprint density at radius 1 is 1.10 bits per heavy atom. The van der Waals surface area contributed by atoms with Crippen molar-refractivity contribution in [3.05, 3.63) is 29.8 Å². The van der Waals surface area contributed by atoms with Crippen LogP contribution in [0.1, 0.15) is 56.9 Å². The number of amides is 2. The van der Waals surface area contributed by atoms with Crippen LogP contribution in [0.25, 0.3) is 0 Å². The summed E-state index contributed by atoms with van der Waals surface area (Å²) in [5.41, 5.74) is 0.986. The zero-order chi connectivity index (χ0) is 21.7. The lowest BCUT2D eigenvalue weighted by atomic mass is 9.78. The average Bonchev–Trinajstić information content (AvgIpc) is 3.33. The lowest BCUT2D eigenvalue weighted by molar-refractivity contribution is -0.149. The highest BCUT2D eigenvalue weighted by atomic mass is 16.5. The third-order valence-corrected chi connectivity index (χ3v) is 7.31. The van der Waals surface area contributed by atoms with E-state index in [0.29, 0.717) is 24.7 Å². The van der Waals surface area contributed by atoms with E-state index in [4.69, 9.17) is 9.47 Å². The van der Waals surface area contributed by atoms with Gasteiger partial charge in [0.1, 0.15) is 5.75 Å². The predicted molar refractivity (Wildman–Crippen MR) is 119 cm³/mol. The number of ether oxygens (including phenoxy) is 2. The Morgan fingerprint density at radius 3 is 2.58 bits per heavy atom. The molecule has 1 unspecified atom stereocenters. The predicted octanol–water partition coefficient (Wildman–Crippen LogP) is 3.43. The molecule has 3 heterocycles. The molecule has 0 aromatic heterocycles. The quantitative estimate of drug-likeness (QED) is 0.697. The average molecular weight is 429 g/mol. The van der Waals surface area contributed by atoms with Gasteiger partial charge in [-0.25, -0.2) is 0 Å². The minimum atomic E-state index is -0.141. The van der Waals surface area contributed by atoms with Gasteiger partial charge in [-0.3, -0.25) is 9.59 Å². The summed E-state index contributed by atoms with van der Waals surface area (Å²) in [6, 6.07) is 7.93. The van der Waals surface area contributed by atoms with E-state index in [0.717, 1.165) is 89.0 Å². The molecule has 1 aromatic rings. The third-order valence-electron chi connectivity index (χ3n) is 7.31. The number of benzene rings is 1. The van der Waals surface area contributed by atoms with Gasteiger partial charge in [-0.05, 0) is 68.6 Å². The molecule has 0 radical (unpaired) electrons. The van der Waals surface area contributed by atoms with E-state index in [1.54, 1.807) is 7.11 Å². The van der Waals surface area contributed by atoms with E-state index < -0.39 is 0 Å². The van der Waals surface area contributed by atoms with Crippen LogP contribution in [-0.4, -0.2) is 67.1 Å². The summed E-state index contributed by atoms with van der Waals surface area (Å²) >= 11 is 0. The molecule has 6 heteroatoms. The van der Waals surface area contributed by atoms with Gasteiger partial charge in [0.25, 0.3) is 0 Å². The van der Waals surface area contributed by atoms with E-state index in [1.807, 2.05) is 34.1 Å². The van der Waals surface area contributed by atoms with Gasteiger partial charge >= 0.3 is 0 Å². The zero-order valence-electron chi connectivity index (χ0n) is 18.8. The summed E-state index contributed by atoms with van der Waals surface area (Å²) in [5.74, 6) is 1.79. The minimum absolute atomic E-state index is 0.141. The Kier molecular flexibility index (Phi) is 7.16. The summed E-state index contributed by atoms with van der Waals surface area (Å²) in [7, 11) is 1.66. The van der Waals surface area contributed by atoms with Crippen LogP contribution in [0.4, 0.5) is 0 Å². The molecule has 3 saturated heterocycles. The zero-order valence-corrected chi connectivity index (χ0v) is 18.8. The highest BCUT2D eigenvalue weighted by molar-refractivity contribution is 5.77. The van der Waals surface area contributed by atoms with Gasteiger partial charge in [0, 0.05) is 45.6 Å². The molecule has 0 aliphatic carbocycles. The van der Waals surface area contributed by atoms with Crippen LogP contribution in [0.3, 0.4) is 0 Å². The maximum absolute atomic E-state index is 12.8. The van der Waals surface area contributed by atoms with E-state index in [1.165, 1.54) is 0 Å². The molecule has 6 nitrogen and oxygen atoms in total. The second-order valence-electron chi connectivity index (χ2n) is 9.41. The van der Waals surface area contributed by atoms with E-state index in [2.05, 4.69) is 0 Å². The van der Waals surface area contributed by atoms with Crippen molar-refractivity contribution < 1.29 is 19.1 Å². The van der Waals surface area contributed by atoms with Crippen LogP contribution in [0.5, 0.6) is 5.75 Å². The number of nitrogens with zero attached hydrogens (tertiary/aromatic N) is 2. The number of aryl methyl sites for hydroxylation is 1. The molecule has 1 aromatic carbocycles. The first-order chi connectivity index (χ1) is 15.1. The molecule has 0 saturated carbocycles. The van der Waals surface area contributed by atoms with Crippen LogP contribution in [0.15, 0.2) is 24.3 Å². The van der Waals surface area contributed by atoms with Crippen molar-refractivity contribution >= 4 is 11.8 Å². The summed E-state index contributed by atoms with van der Waals surface area (Å²) in [6.07, 6.45) is 7.90. The van der Waals surface area contributed by atoms with Gasteiger partial charge in [-0.1, -0.05) is 12.1 Å². The minimum Gasteiger partial charge on any atom is -0.497 e. The first-order valence-corrected chi connectivity index (χ1v) is 11.9. The molecule has 4 rings (SSSR count). The van der Waals surface area contributed by atoms with E-state index >= 15 is 0 Å². The van der Waals surface area contributed by atoms with Crippen molar-refractivity contribution in [1.29, 1.82) is 0 Å². The molecular weight excluding hydrogens is 392 g/mol. The summed E-state index contributed by atoms with van der Waals surface area (Å²) < 4.78 is 11.5. The SMILES string of the molecule is COc1cccc(CCC(=O)N2CCC3(CC2)CC(CC(=O)N2CCCC2)CCO3)c1. The van der Waals surface area contributed by atoms with Gasteiger partial charge in [-0.15, -0.1) is 0 Å². The number of likely N-dealkylation sites (tertiary alicyclic amines) is 2. The van der Waals surface area contributed by atoms with Gasteiger partial charge < -0.3 is 19.3 Å². The fourth-order valence-corrected chi connectivity index (χ4v) is 5.40. The Bertz CT molecular complexity index is 767. The van der Waals surface area contributed by atoms with Crippen LogP contribution in [-0.2, 0) is 20.7 Å². The Balaban J connectivity index is 1.24. The van der Waals surface area contributed by atoms with Crippen LogP contribution in [0, 0.1) is 5.92 Å². The van der Waals surface area contributed by atoms with Crippen LogP contribution in [0.2, 0.25) is 0 Å². The topological polar surface area (TPSA) is 59.1 Å². The molecule has 0 bridgehead atoms. The fraction of sp³-hybridized carbons (Fsp3) is 0.680. The molecule has 3 aliphatic rings. The lowest BCUT2D eigenvalue weighted by Gasteiger charge is -2.46. The van der Waals surface area contributed by atoms with Gasteiger partial charge in [0.2, 0.25) is 11.8 Å². The highest BCUT2D eigenvalue weighted by Crippen LogP contribution is 2.39. The molecule has 170 valence electrons. The molecule has 3 fully saturated rings. The van der Waals surface area contributed by atoms with Gasteiger partial charge in [0.05, 0.1) is 12.7 Å². The summed E-state index contributed by atoms with van der Waals surface area (Å²) in [5, 5.41) is 0. The Hall–Kier alpha value is -2.08. The molecule has 0 N–H and O–H groups in total.